The Morgan fingerprint density at radius 2 is 1.62 bits per heavy atom. The first-order valence-corrected chi connectivity index (χ1v) is 4.66. The Bertz CT molecular complexity index is 365. The van der Waals surface area contributed by atoms with E-state index in [9.17, 15) is 0 Å². The number of ether oxygens (including phenoxy) is 2. The van der Waals surface area contributed by atoms with Gasteiger partial charge >= 0.3 is 0 Å². The fourth-order valence-electron chi connectivity index (χ4n) is 1.21. The zero-order valence-corrected chi connectivity index (χ0v) is 9.47. The molecule has 0 heterocycles. The summed E-state index contributed by atoms with van der Waals surface area (Å²) in [5.74, 6) is 1.28. The van der Waals surface area contributed by atoms with E-state index in [0.717, 1.165) is 5.56 Å². The molecule has 0 radical (unpaired) electrons. The van der Waals surface area contributed by atoms with E-state index in [4.69, 9.17) is 19.9 Å². The summed E-state index contributed by atoms with van der Waals surface area (Å²) in [4.78, 5) is 0. The quantitative estimate of drug-likeness (QED) is 0.769. The van der Waals surface area contributed by atoms with Crippen LogP contribution in [0.25, 0.3) is 6.08 Å². The van der Waals surface area contributed by atoms with Gasteiger partial charge in [0.1, 0.15) is 11.5 Å². The summed E-state index contributed by atoms with van der Waals surface area (Å²) in [6, 6.07) is 5.26. The van der Waals surface area contributed by atoms with Crippen LogP contribution in [0.15, 0.2) is 23.9 Å². The molecule has 0 unspecified atom stereocenters. The highest BCUT2D eigenvalue weighted by Crippen LogP contribution is 2.24. The van der Waals surface area contributed by atoms with Crippen molar-refractivity contribution in [3.63, 3.8) is 0 Å². The van der Waals surface area contributed by atoms with Crippen LogP contribution in [0.3, 0.4) is 0 Å². The van der Waals surface area contributed by atoms with Crippen molar-refractivity contribution in [2.75, 3.05) is 14.2 Å². The molecule has 0 saturated heterocycles. The fraction of sp³-hybridized carbons (Fsp3) is 0.273. The molecule has 1 rings (SSSR count). The fourth-order valence-corrected chi connectivity index (χ4v) is 1.21. The van der Waals surface area contributed by atoms with E-state index in [1.54, 1.807) is 45.4 Å². The lowest BCUT2D eigenvalue weighted by Gasteiger charge is -2.09. The first kappa shape index (κ1) is 12.4. The highest BCUT2D eigenvalue weighted by Gasteiger charge is 2.02. The number of allylic oxidation sites excluding steroid dienone is 1. The van der Waals surface area contributed by atoms with Crippen LogP contribution >= 0.6 is 0 Å². The van der Waals surface area contributed by atoms with E-state index in [1.165, 1.54) is 0 Å². The molecular formula is C11H15NO4. The molecule has 5 nitrogen and oxygen atoms in total. The van der Waals surface area contributed by atoms with E-state index in [0.29, 0.717) is 11.5 Å². The van der Waals surface area contributed by atoms with Gasteiger partial charge in [0, 0.05) is 6.07 Å². The minimum Gasteiger partial charge on any atom is -0.497 e. The summed E-state index contributed by atoms with van der Waals surface area (Å²) in [5.41, 5.74) is 1.04. The van der Waals surface area contributed by atoms with E-state index in [-0.39, 0.29) is 10.9 Å². The van der Waals surface area contributed by atoms with Crippen molar-refractivity contribution >= 4 is 6.08 Å². The second kappa shape index (κ2) is 5.39. The summed E-state index contributed by atoms with van der Waals surface area (Å²) in [6.07, 6.45) is 1.59. The van der Waals surface area contributed by atoms with Gasteiger partial charge < -0.3 is 9.47 Å². The Labute approximate surface area is 94.0 Å². The number of benzene rings is 1. The minimum absolute atomic E-state index is 0.0615. The Hall–Kier alpha value is -1.72. The summed E-state index contributed by atoms with van der Waals surface area (Å²) >= 11 is 0. The third kappa shape index (κ3) is 3.15. The van der Waals surface area contributed by atoms with Crippen LogP contribution in [-0.2, 0) is 0 Å². The number of rotatable bonds is 4. The van der Waals surface area contributed by atoms with Gasteiger partial charge in [-0.05, 0) is 30.7 Å². The number of hydroxylamine groups is 2. The summed E-state index contributed by atoms with van der Waals surface area (Å²) in [6.45, 7) is 1.56. The number of nitrogens with zero attached hydrogens (tertiary/aromatic N) is 1. The molecule has 0 aliphatic heterocycles. The number of hydrogen-bond acceptors (Lipinski definition) is 5. The second-order valence-corrected chi connectivity index (χ2v) is 3.22. The Morgan fingerprint density at radius 1 is 1.12 bits per heavy atom. The first-order valence-electron chi connectivity index (χ1n) is 4.66. The molecule has 1 aromatic carbocycles. The summed E-state index contributed by atoms with van der Waals surface area (Å²) in [7, 11) is 3.11. The normalized spacial score (nSPS) is 11.2. The van der Waals surface area contributed by atoms with Crippen molar-refractivity contribution in [1.82, 2.24) is 5.23 Å². The molecule has 0 bridgehead atoms. The van der Waals surface area contributed by atoms with Gasteiger partial charge in [0.15, 0.2) is 0 Å². The Morgan fingerprint density at radius 3 is 2.00 bits per heavy atom. The molecule has 0 atom stereocenters. The predicted molar refractivity (Wildman–Crippen MR) is 58.6 cm³/mol. The van der Waals surface area contributed by atoms with Crippen molar-refractivity contribution in [2.45, 2.75) is 6.92 Å². The molecule has 0 amide bonds. The van der Waals surface area contributed by atoms with Gasteiger partial charge in [0.05, 0.1) is 19.9 Å². The molecule has 0 aliphatic rings. The predicted octanol–water partition coefficient (Wildman–Crippen LogP) is 2.14. The molecule has 0 aliphatic carbocycles. The molecule has 0 aromatic heterocycles. The van der Waals surface area contributed by atoms with Gasteiger partial charge in [0.2, 0.25) is 0 Å². The van der Waals surface area contributed by atoms with E-state index >= 15 is 0 Å². The molecule has 0 fully saturated rings. The first-order chi connectivity index (χ1) is 7.56. The highest BCUT2D eigenvalue weighted by molar-refractivity contribution is 5.56. The molecule has 88 valence electrons. The monoisotopic (exact) mass is 225 g/mol. The number of hydrogen-bond donors (Lipinski definition) is 2. The maximum Gasteiger partial charge on any atom is 0.123 e. The zero-order valence-electron chi connectivity index (χ0n) is 9.47. The molecule has 0 saturated carbocycles. The topological polar surface area (TPSA) is 62.2 Å². The average Bonchev–Trinajstić information content (AvgIpc) is 2.28. The molecule has 16 heavy (non-hydrogen) atoms. The van der Waals surface area contributed by atoms with Gasteiger partial charge in [0.25, 0.3) is 0 Å². The highest BCUT2D eigenvalue weighted by atomic mass is 16.8. The van der Waals surface area contributed by atoms with Crippen LogP contribution in [0.4, 0.5) is 0 Å². The van der Waals surface area contributed by atoms with E-state index in [2.05, 4.69) is 0 Å². The molecule has 1 aromatic rings. The second-order valence-electron chi connectivity index (χ2n) is 3.22. The van der Waals surface area contributed by atoms with Crippen molar-refractivity contribution in [3.8, 4) is 11.5 Å². The van der Waals surface area contributed by atoms with Gasteiger partial charge in [-0.1, -0.05) is 0 Å². The van der Waals surface area contributed by atoms with Gasteiger partial charge in [-0.15, -0.1) is 5.23 Å². The van der Waals surface area contributed by atoms with Crippen molar-refractivity contribution in [3.05, 3.63) is 29.5 Å². The number of methoxy groups -OCH3 is 2. The van der Waals surface area contributed by atoms with Gasteiger partial charge in [-0.25, -0.2) is 0 Å². The SMILES string of the molecule is COc1cc(C=C(C)N(O)O)cc(OC)c1. The summed E-state index contributed by atoms with van der Waals surface area (Å²) < 4.78 is 10.2. The Kier molecular flexibility index (Phi) is 4.16. The van der Waals surface area contributed by atoms with E-state index in [1.807, 2.05) is 0 Å². The molecule has 5 heteroatoms. The average molecular weight is 225 g/mol. The molecule has 2 N–H and O–H groups in total. The van der Waals surface area contributed by atoms with E-state index < -0.39 is 0 Å². The lowest BCUT2D eigenvalue weighted by Crippen LogP contribution is -2.09. The largest absolute Gasteiger partial charge is 0.497 e. The van der Waals surface area contributed by atoms with Gasteiger partial charge in [-0.3, -0.25) is 10.4 Å². The van der Waals surface area contributed by atoms with Crippen LogP contribution in [0, 0.1) is 0 Å². The molecule has 0 spiro atoms. The molecular weight excluding hydrogens is 210 g/mol. The van der Waals surface area contributed by atoms with Gasteiger partial charge in [-0.2, -0.15) is 0 Å². The van der Waals surface area contributed by atoms with Crippen LogP contribution in [-0.4, -0.2) is 29.9 Å². The third-order valence-corrected chi connectivity index (χ3v) is 2.06. The standard InChI is InChI=1S/C11H15NO4/c1-8(12(13)14)4-9-5-10(15-2)7-11(6-9)16-3/h4-7,13-14H,1-3H3. The van der Waals surface area contributed by atoms with Crippen LogP contribution in [0.1, 0.15) is 12.5 Å². The zero-order chi connectivity index (χ0) is 12.1. The maximum atomic E-state index is 8.79. The maximum absolute atomic E-state index is 8.79. The lowest BCUT2D eigenvalue weighted by molar-refractivity contribution is -0.277. The lowest BCUT2D eigenvalue weighted by atomic mass is 10.1. The summed E-state index contributed by atoms with van der Waals surface area (Å²) in [5, 5.41) is 17.6. The van der Waals surface area contributed by atoms with Crippen LogP contribution in [0.2, 0.25) is 0 Å². The van der Waals surface area contributed by atoms with Crippen LogP contribution in [0.5, 0.6) is 11.5 Å². The Balaban J connectivity index is 3.08. The smallest absolute Gasteiger partial charge is 0.123 e. The van der Waals surface area contributed by atoms with Crippen molar-refractivity contribution < 1.29 is 19.9 Å². The van der Waals surface area contributed by atoms with Crippen molar-refractivity contribution in [1.29, 1.82) is 0 Å². The minimum atomic E-state index is 0.0615. The van der Waals surface area contributed by atoms with Crippen LogP contribution < -0.4 is 9.47 Å². The van der Waals surface area contributed by atoms with Crippen molar-refractivity contribution in [2.24, 2.45) is 0 Å². The third-order valence-electron chi connectivity index (χ3n) is 2.06.